The molecule has 1 aromatic rings. The topological polar surface area (TPSA) is 95.6 Å². The summed E-state index contributed by atoms with van der Waals surface area (Å²) in [4.78, 5) is 26.3. The van der Waals surface area contributed by atoms with E-state index in [1.165, 1.54) is 12.1 Å². The van der Waals surface area contributed by atoms with Crippen molar-refractivity contribution in [1.29, 1.82) is 0 Å². The van der Waals surface area contributed by atoms with Crippen LogP contribution in [-0.2, 0) is 19.6 Å². The lowest BCUT2D eigenvalue weighted by molar-refractivity contribution is -0.128. The average Bonchev–Trinajstić information content (AvgIpc) is 3.01. The average molecular weight is 396 g/mol. The van der Waals surface area contributed by atoms with Gasteiger partial charge in [0.1, 0.15) is 0 Å². The molecule has 7 nitrogen and oxygen atoms in total. The Bertz CT molecular complexity index is 762. The maximum Gasteiger partial charge on any atom is 0.240 e. The first-order valence-electron chi connectivity index (χ1n) is 9.47. The summed E-state index contributed by atoms with van der Waals surface area (Å²) < 4.78 is 27.1. The fraction of sp³-hybridized carbons (Fsp3) is 0.579. The summed E-state index contributed by atoms with van der Waals surface area (Å²) in [5.74, 6) is -0.568. The minimum absolute atomic E-state index is 0.0150. The lowest BCUT2D eigenvalue weighted by Crippen LogP contribution is -2.32. The molecule has 8 heteroatoms. The molecule has 0 spiro atoms. The van der Waals surface area contributed by atoms with E-state index in [-0.39, 0.29) is 35.1 Å². The molecule has 1 fully saturated rings. The van der Waals surface area contributed by atoms with Crippen LogP contribution in [0.25, 0.3) is 0 Å². The third-order valence-corrected chi connectivity index (χ3v) is 6.37. The van der Waals surface area contributed by atoms with Crippen LogP contribution in [0.2, 0.25) is 0 Å². The zero-order chi connectivity index (χ0) is 20.0. The maximum absolute atomic E-state index is 12.4. The zero-order valence-electron chi connectivity index (χ0n) is 16.2. The van der Waals surface area contributed by atoms with Crippen molar-refractivity contribution < 1.29 is 18.0 Å². The summed E-state index contributed by atoms with van der Waals surface area (Å²) in [6.07, 6.45) is 2.85. The number of rotatable bonds is 9. The molecule has 2 amide bonds. The Morgan fingerprint density at radius 2 is 1.93 bits per heavy atom. The van der Waals surface area contributed by atoms with E-state index in [1.54, 1.807) is 24.0 Å². The van der Waals surface area contributed by atoms with Crippen LogP contribution in [0.3, 0.4) is 0 Å². The molecular formula is C19H29N3O4S. The van der Waals surface area contributed by atoms with Crippen molar-refractivity contribution in [2.45, 2.75) is 57.4 Å². The standard InChI is InChI=1S/C19H29N3O4S/c1-4-6-11-22-13-15(12-18(22)23)19(24)20-16-7-9-17(10-8-16)27(25,26)21-14(3)5-2/h7-10,14-15,21H,4-6,11-13H2,1-3H3,(H,20,24)/t14-,15+/m1/s1. The second-order valence-corrected chi connectivity index (χ2v) is 8.75. The largest absolute Gasteiger partial charge is 0.342 e. The maximum atomic E-state index is 12.4. The van der Waals surface area contributed by atoms with Crippen LogP contribution >= 0.6 is 0 Å². The van der Waals surface area contributed by atoms with Gasteiger partial charge in [-0.05, 0) is 44.0 Å². The number of hydrogen-bond acceptors (Lipinski definition) is 4. The van der Waals surface area contributed by atoms with E-state index in [1.807, 2.05) is 6.92 Å². The van der Waals surface area contributed by atoms with Crippen molar-refractivity contribution in [2.75, 3.05) is 18.4 Å². The number of hydrogen-bond donors (Lipinski definition) is 2. The Kier molecular flexibility index (Phi) is 7.38. The molecule has 0 unspecified atom stereocenters. The number of carbonyl (C=O) groups is 2. The SMILES string of the molecule is CCCCN1C[C@@H](C(=O)Nc2ccc(S(=O)(=O)N[C@H](C)CC)cc2)CC1=O. The quantitative estimate of drug-likeness (QED) is 0.671. The van der Waals surface area contributed by atoms with E-state index in [0.29, 0.717) is 25.2 Å². The molecule has 2 rings (SSSR count). The molecular weight excluding hydrogens is 366 g/mol. The fourth-order valence-electron chi connectivity index (χ4n) is 2.89. The molecule has 1 aliphatic rings. The van der Waals surface area contributed by atoms with Gasteiger partial charge in [0.05, 0.1) is 10.8 Å². The first-order chi connectivity index (χ1) is 12.8. The molecule has 1 aliphatic heterocycles. The highest BCUT2D eigenvalue weighted by atomic mass is 32.2. The molecule has 2 atom stereocenters. The van der Waals surface area contributed by atoms with E-state index in [2.05, 4.69) is 17.0 Å². The van der Waals surface area contributed by atoms with Crippen LogP contribution in [0.4, 0.5) is 5.69 Å². The molecule has 0 radical (unpaired) electrons. The Hall–Kier alpha value is -1.93. The number of sulfonamides is 1. The highest BCUT2D eigenvalue weighted by Crippen LogP contribution is 2.21. The minimum Gasteiger partial charge on any atom is -0.342 e. The summed E-state index contributed by atoms with van der Waals surface area (Å²) in [7, 11) is -3.57. The van der Waals surface area contributed by atoms with Gasteiger partial charge in [0, 0.05) is 31.2 Å². The lowest BCUT2D eigenvalue weighted by atomic mass is 10.1. The Morgan fingerprint density at radius 1 is 1.26 bits per heavy atom. The number of anilines is 1. The summed E-state index contributed by atoms with van der Waals surface area (Å²) in [6.45, 7) is 6.90. The van der Waals surface area contributed by atoms with Crippen molar-refractivity contribution in [3.8, 4) is 0 Å². The van der Waals surface area contributed by atoms with Gasteiger partial charge in [-0.15, -0.1) is 0 Å². The van der Waals surface area contributed by atoms with Crippen molar-refractivity contribution in [3.63, 3.8) is 0 Å². The number of unbranched alkanes of at least 4 members (excludes halogenated alkanes) is 1. The molecule has 150 valence electrons. The van der Waals surface area contributed by atoms with Gasteiger partial charge in [-0.3, -0.25) is 9.59 Å². The molecule has 0 aromatic heterocycles. The number of nitrogens with one attached hydrogen (secondary N) is 2. The van der Waals surface area contributed by atoms with Crippen molar-refractivity contribution >= 4 is 27.5 Å². The monoisotopic (exact) mass is 395 g/mol. The molecule has 0 aliphatic carbocycles. The van der Waals surface area contributed by atoms with Gasteiger partial charge in [0.25, 0.3) is 0 Å². The number of carbonyl (C=O) groups excluding carboxylic acids is 2. The molecule has 2 N–H and O–H groups in total. The molecule has 0 saturated carbocycles. The summed E-state index contributed by atoms with van der Waals surface area (Å²) >= 11 is 0. The van der Waals surface area contributed by atoms with Gasteiger partial charge in [-0.2, -0.15) is 0 Å². The van der Waals surface area contributed by atoms with E-state index in [0.717, 1.165) is 12.8 Å². The second-order valence-electron chi connectivity index (χ2n) is 7.04. The normalized spacial score (nSPS) is 18.6. The molecule has 1 saturated heterocycles. The number of benzene rings is 1. The van der Waals surface area contributed by atoms with E-state index in [4.69, 9.17) is 0 Å². The summed E-state index contributed by atoms with van der Waals surface area (Å²) in [6, 6.07) is 5.91. The van der Waals surface area contributed by atoms with E-state index in [9.17, 15) is 18.0 Å². The second kappa shape index (κ2) is 9.32. The smallest absolute Gasteiger partial charge is 0.240 e. The van der Waals surface area contributed by atoms with Crippen LogP contribution in [0.5, 0.6) is 0 Å². The number of nitrogens with zero attached hydrogens (tertiary/aromatic N) is 1. The van der Waals surface area contributed by atoms with E-state index < -0.39 is 10.0 Å². The van der Waals surface area contributed by atoms with Crippen molar-refractivity contribution in [1.82, 2.24) is 9.62 Å². The Morgan fingerprint density at radius 3 is 2.52 bits per heavy atom. The van der Waals surface area contributed by atoms with Gasteiger partial charge >= 0.3 is 0 Å². The van der Waals surface area contributed by atoms with Crippen LogP contribution in [0.1, 0.15) is 46.5 Å². The van der Waals surface area contributed by atoms with Gasteiger partial charge in [-0.25, -0.2) is 13.1 Å². The molecule has 27 heavy (non-hydrogen) atoms. The third-order valence-electron chi connectivity index (χ3n) is 4.77. The highest BCUT2D eigenvalue weighted by molar-refractivity contribution is 7.89. The molecule has 0 bridgehead atoms. The van der Waals surface area contributed by atoms with Crippen LogP contribution in [-0.4, -0.2) is 44.3 Å². The predicted molar refractivity (Wildman–Crippen MR) is 105 cm³/mol. The van der Waals surface area contributed by atoms with Gasteiger partial charge in [0.15, 0.2) is 0 Å². The highest BCUT2D eigenvalue weighted by Gasteiger charge is 2.33. The molecule has 1 aromatic carbocycles. The van der Waals surface area contributed by atoms with E-state index >= 15 is 0 Å². The summed E-state index contributed by atoms with van der Waals surface area (Å²) in [5, 5.41) is 2.78. The lowest BCUT2D eigenvalue weighted by Gasteiger charge is -2.16. The van der Waals surface area contributed by atoms with Crippen LogP contribution in [0, 0.1) is 5.92 Å². The Balaban J connectivity index is 1.96. The van der Waals surface area contributed by atoms with Gasteiger partial charge in [0.2, 0.25) is 21.8 Å². The van der Waals surface area contributed by atoms with Crippen molar-refractivity contribution in [3.05, 3.63) is 24.3 Å². The summed E-state index contributed by atoms with van der Waals surface area (Å²) in [5.41, 5.74) is 0.516. The van der Waals surface area contributed by atoms with Crippen molar-refractivity contribution in [2.24, 2.45) is 5.92 Å². The third kappa shape index (κ3) is 5.77. The fourth-order valence-corrected chi connectivity index (χ4v) is 4.22. The van der Waals surface area contributed by atoms with Crippen LogP contribution < -0.4 is 10.0 Å². The number of amides is 2. The van der Waals surface area contributed by atoms with Gasteiger partial charge < -0.3 is 10.2 Å². The van der Waals surface area contributed by atoms with Gasteiger partial charge in [-0.1, -0.05) is 20.3 Å². The molecule has 1 heterocycles. The predicted octanol–water partition coefficient (Wildman–Crippen LogP) is 2.35. The van der Waals surface area contributed by atoms with Crippen LogP contribution in [0.15, 0.2) is 29.2 Å². The first-order valence-corrected chi connectivity index (χ1v) is 11.0. The minimum atomic E-state index is -3.57. The zero-order valence-corrected chi connectivity index (χ0v) is 17.0. The Labute approximate surface area is 161 Å². The number of likely N-dealkylation sites (tertiary alicyclic amines) is 1. The first kappa shape index (κ1) is 21.4.